The molecule has 3 aromatic rings. The first-order chi connectivity index (χ1) is 12.7. The molecule has 4 nitrogen and oxygen atoms in total. The second-order valence-electron chi connectivity index (χ2n) is 6.74. The van der Waals surface area contributed by atoms with Crippen molar-refractivity contribution in [2.45, 2.75) is 6.54 Å². The smallest absolute Gasteiger partial charge is 0.272 e. The zero-order valence-electron chi connectivity index (χ0n) is 14.5. The van der Waals surface area contributed by atoms with E-state index in [1.807, 2.05) is 59.5 Å². The van der Waals surface area contributed by atoms with Crippen LogP contribution in [-0.4, -0.2) is 42.0 Å². The quantitative estimate of drug-likeness (QED) is 0.773. The Hall–Kier alpha value is -2.43. The molecule has 1 aliphatic heterocycles. The third-order valence-corrected chi connectivity index (χ3v) is 5.15. The van der Waals surface area contributed by atoms with Crippen molar-refractivity contribution in [1.82, 2.24) is 9.88 Å². The van der Waals surface area contributed by atoms with Crippen LogP contribution in [0.2, 0.25) is 5.02 Å². The molecule has 2 aromatic carbocycles. The number of piperazine rings is 1. The summed E-state index contributed by atoms with van der Waals surface area (Å²) in [6.07, 6.45) is 0. The fourth-order valence-electron chi connectivity index (χ4n) is 3.49. The number of aromatic nitrogens is 1. The SMILES string of the molecule is O=C(c1ccc2ccccc2n1)N1CC[NH+](Cc2cccc(Cl)c2)CC1. The van der Waals surface area contributed by atoms with Gasteiger partial charge in [-0.2, -0.15) is 0 Å². The van der Waals surface area contributed by atoms with E-state index in [2.05, 4.69) is 11.1 Å². The highest BCUT2D eigenvalue weighted by Gasteiger charge is 2.25. The third-order valence-electron chi connectivity index (χ3n) is 4.92. The lowest BCUT2D eigenvalue weighted by Crippen LogP contribution is -3.13. The van der Waals surface area contributed by atoms with Gasteiger partial charge in [0.05, 0.1) is 31.7 Å². The monoisotopic (exact) mass is 366 g/mol. The molecule has 1 aromatic heterocycles. The van der Waals surface area contributed by atoms with E-state index >= 15 is 0 Å². The fourth-order valence-corrected chi connectivity index (χ4v) is 3.70. The number of halogens is 1. The summed E-state index contributed by atoms with van der Waals surface area (Å²) in [5.41, 5.74) is 2.63. The average Bonchev–Trinajstić information content (AvgIpc) is 2.68. The summed E-state index contributed by atoms with van der Waals surface area (Å²) in [4.78, 5) is 20.7. The number of benzene rings is 2. The van der Waals surface area contributed by atoms with Crippen molar-refractivity contribution >= 4 is 28.4 Å². The Bertz CT molecular complexity index is 935. The lowest BCUT2D eigenvalue weighted by molar-refractivity contribution is -0.917. The van der Waals surface area contributed by atoms with Crippen molar-refractivity contribution in [1.29, 1.82) is 0 Å². The van der Waals surface area contributed by atoms with Crippen LogP contribution in [0.3, 0.4) is 0 Å². The highest BCUT2D eigenvalue weighted by atomic mass is 35.5. The van der Waals surface area contributed by atoms with Gasteiger partial charge in [-0.3, -0.25) is 4.79 Å². The van der Waals surface area contributed by atoms with Gasteiger partial charge >= 0.3 is 0 Å². The van der Waals surface area contributed by atoms with Crippen LogP contribution in [0, 0.1) is 0 Å². The van der Waals surface area contributed by atoms with Gasteiger partial charge in [-0.1, -0.05) is 48.0 Å². The maximum absolute atomic E-state index is 12.8. The largest absolute Gasteiger partial charge is 0.328 e. The standard InChI is InChI=1S/C21H20ClN3O/c22-18-6-3-4-16(14-18)15-24-10-12-25(13-11-24)21(26)20-9-8-17-5-1-2-7-19(17)23-20/h1-9,14H,10-13,15H2/p+1. The van der Waals surface area contributed by atoms with Crippen LogP contribution in [0.15, 0.2) is 60.7 Å². The normalized spacial score (nSPS) is 15.3. The molecule has 1 saturated heterocycles. The first-order valence-corrected chi connectivity index (χ1v) is 9.30. The number of amides is 1. The van der Waals surface area contributed by atoms with Crippen LogP contribution in [0.5, 0.6) is 0 Å². The molecule has 4 rings (SSSR count). The second-order valence-corrected chi connectivity index (χ2v) is 7.17. The van der Waals surface area contributed by atoms with Gasteiger partial charge in [-0.15, -0.1) is 0 Å². The van der Waals surface area contributed by atoms with Crippen LogP contribution in [-0.2, 0) is 6.54 Å². The Morgan fingerprint density at radius 2 is 1.85 bits per heavy atom. The molecule has 132 valence electrons. The molecule has 0 aliphatic carbocycles. The maximum Gasteiger partial charge on any atom is 0.272 e. The van der Waals surface area contributed by atoms with E-state index in [1.165, 1.54) is 10.5 Å². The predicted molar refractivity (Wildman–Crippen MR) is 103 cm³/mol. The molecule has 1 amide bonds. The van der Waals surface area contributed by atoms with Gasteiger partial charge in [0.2, 0.25) is 0 Å². The summed E-state index contributed by atoms with van der Waals surface area (Å²) in [5, 5.41) is 1.83. The molecule has 1 N–H and O–H groups in total. The molecule has 5 heteroatoms. The fraction of sp³-hybridized carbons (Fsp3) is 0.238. The maximum atomic E-state index is 12.8. The van der Waals surface area contributed by atoms with E-state index in [-0.39, 0.29) is 5.91 Å². The average molecular weight is 367 g/mol. The zero-order valence-corrected chi connectivity index (χ0v) is 15.2. The molecule has 2 heterocycles. The Kier molecular flexibility index (Phi) is 4.87. The number of fused-ring (bicyclic) bond motifs is 1. The van der Waals surface area contributed by atoms with E-state index in [4.69, 9.17) is 11.6 Å². The van der Waals surface area contributed by atoms with E-state index in [0.29, 0.717) is 5.69 Å². The van der Waals surface area contributed by atoms with Crippen LogP contribution in [0.4, 0.5) is 0 Å². The predicted octanol–water partition coefficient (Wildman–Crippen LogP) is 2.43. The Balaban J connectivity index is 1.39. The summed E-state index contributed by atoms with van der Waals surface area (Å²) in [7, 11) is 0. The van der Waals surface area contributed by atoms with E-state index in [9.17, 15) is 4.79 Å². The van der Waals surface area contributed by atoms with E-state index < -0.39 is 0 Å². The Morgan fingerprint density at radius 3 is 2.65 bits per heavy atom. The summed E-state index contributed by atoms with van der Waals surface area (Å²) in [5.74, 6) is 0.0255. The molecular weight excluding hydrogens is 346 g/mol. The number of nitrogens with zero attached hydrogens (tertiary/aromatic N) is 2. The molecule has 26 heavy (non-hydrogen) atoms. The van der Waals surface area contributed by atoms with Gasteiger partial charge in [-0.25, -0.2) is 4.98 Å². The number of para-hydroxylation sites is 1. The summed E-state index contributed by atoms with van der Waals surface area (Å²) in [6.45, 7) is 4.32. The molecule has 0 atom stereocenters. The summed E-state index contributed by atoms with van der Waals surface area (Å²) < 4.78 is 0. The number of hydrogen-bond acceptors (Lipinski definition) is 2. The highest BCUT2D eigenvalue weighted by Crippen LogP contribution is 2.13. The summed E-state index contributed by atoms with van der Waals surface area (Å²) >= 11 is 6.07. The van der Waals surface area contributed by atoms with Crippen molar-refractivity contribution in [3.63, 3.8) is 0 Å². The minimum Gasteiger partial charge on any atom is -0.328 e. The molecule has 0 spiro atoms. The molecule has 0 bridgehead atoms. The molecule has 1 aliphatic rings. The highest BCUT2D eigenvalue weighted by molar-refractivity contribution is 6.30. The second kappa shape index (κ2) is 7.44. The zero-order chi connectivity index (χ0) is 17.9. The number of hydrogen-bond donors (Lipinski definition) is 1. The number of nitrogens with one attached hydrogen (secondary N) is 1. The molecule has 0 saturated carbocycles. The Labute approximate surface area is 158 Å². The van der Waals surface area contributed by atoms with Gasteiger partial charge < -0.3 is 9.80 Å². The van der Waals surface area contributed by atoms with Crippen LogP contribution in [0.1, 0.15) is 16.1 Å². The number of quaternary nitrogens is 1. The molecule has 1 fully saturated rings. The van der Waals surface area contributed by atoms with Crippen molar-refractivity contribution in [2.75, 3.05) is 26.2 Å². The lowest BCUT2D eigenvalue weighted by Gasteiger charge is -2.32. The first kappa shape index (κ1) is 17.0. The van der Waals surface area contributed by atoms with Gasteiger partial charge in [-0.05, 0) is 24.3 Å². The lowest BCUT2D eigenvalue weighted by atomic mass is 10.1. The van der Waals surface area contributed by atoms with Crippen LogP contribution >= 0.6 is 11.6 Å². The first-order valence-electron chi connectivity index (χ1n) is 8.92. The molecule has 0 unspecified atom stereocenters. The van der Waals surface area contributed by atoms with E-state index in [0.717, 1.165) is 48.6 Å². The third kappa shape index (κ3) is 3.71. The van der Waals surface area contributed by atoms with Crippen LogP contribution < -0.4 is 4.90 Å². The van der Waals surface area contributed by atoms with Crippen LogP contribution in [0.25, 0.3) is 10.9 Å². The Morgan fingerprint density at radius 1 is 1.04 bits per heavy atom. The number of carbonyl (C=O) groups is 1. The molecule has 0 radical (unpaired) electrons. The number of pyridine rings is 1. The van der Waals surface area contributed by atoms with Gasteiger partial charge in [0.1, 0.15) is 12.2 Å². The minimum absolute atomic E-state index is 0.0255. The van der Waals surface area contributed by atoms with Gasteiger partial charge in [0, 0.05) is 16.0 Å². The number of carbonyl (C=O) groups excluding carboxylic acids is 1. The van der Waals surface area contributed by atoms with Crippen molar-refractivity contribution in [2.24, 2.45) is 0 Å². The number of rotatable bonds is 3. The van der Waals surface area contributed by atoms with Gasteiger partial charge in [0.25, 0.3) is 5.91 Å². The topological polar surface area (TPSA) is 37.6 Å². The molecular formula is C21H21ClN3O+. The van der Waals surface area contributed by atoms with Gasteiger partial charge in [0.15, 0.2) is 0 Å². The van der Waals surface area contributed by atoms with Crippen molar-refractivity contribution < 1.29 is 9.69 Å². The van der Waals surface area contributed by atoms with Crippen molar-refractivity contribution in [3.05, 3.63) is 76.9 Å². The summed E-state index contributed by atoms with van der Waals surface area (Å²) in [6, 6.07) is 19.7. The minimum atomic E-state index is 0.0255. The van der Waals surface area contributed by atoms with E-state index in [1.54, 1.807) is 0 Å². The van der Waals surface area contributed by atoms with Crippen molar-refractivity contribution in [3.8, 4) is 0 Å².